The molecule has 0 aliphatic carbocycles. The zero-order chi connectivity index (χ0) is 13.8. The van der Waals surface area contributed by atoms with E-state index in [1.54, 1.807) is 0 Å². The molecule has 1 fully saturated rings. The van der Waals surface area contributed by atoms with Gasteiger partial charge in [-0.1, -0.05) is 64.7 Å². The summed E-state index contributed by atoms with van der Waals surface area (Å²) in [6, 6.07) is 0. The Morgan fingerprint density at radius 2 is 1.05 bits per heavy atom. The van der Waals surface area contributed by atoms with E-state index in [1.807, 2.05) is 0 Å². The molecule has 2 heteroatoms. The summed E-state index contributed by atoms with van der Waals surface area (Å²) in [5.74, 6) is 0. The van der Waals surface area contributed by atoms with E-state index in [9.17, 15) is 0 Å². The number of likely N-dealkylation sites (tertiary alicyclic amines) is 1. The van der Waals surface area contributed by atoms with E-state index < -0.39 is 0 Å². The Morgan fingerprint density at radius 1 is 0.650 bits per heavy atom. The summed E-state index contributed by atoms with van der Waals surface area (Å²) in [6.45, 7) is 6.62. The Morgan fingerprint density at radius 3 is 1.50 bits per heavy atom. The van der Waals surface area contributed by atoms with Gasteiger partial charge in [0.2, 0.25) is 0 Å². The van der Waals surface area contributed by atoms with Gasteiger partial charge >= 0.3 is 0 Å². The summed E-state index contributed by atoms with van der Waals surface area (Å²) in [4.78, 5) is 0. The number of hydrogen-bond donors (Lipinski definition) is 0. The SMILES string of the molecule is CCCCCCCCCCCCC[N+]1(C)CCCC1.[Cl-]. The minimum Gasteiger partial charge on any atom is -1.00 e. The second-order valence-corrected chi connectivity index (χ2v) is 7.03. The first kappa shape index (κ1) is 20.2. The third-order valence-corrected chi connectivity index (χ3v) is 4.95. The zero-order valence-electron chi connectivity index (χ0n) is 14.1. The van der Waals surface area contributed by atoms with Crippen LogP contribution < -0.4 is 12.4 Å². The van der Waals surface area contributed by atoms with Gasteiger partial charge in [-0.05, 0) is 12.8 Å². The first-order valence-electron chi connectivity index (χ1n) is 9.10. The Labute approximate surface area is 134 Å². The van der Waals surface area contributed by atoms with Gasteiger partial charge in [0.15, 0.2) is 0 Å². The van der Waals surface area contributed by atoms with Crippen molar-refractivity contribution in [1.82, 2.24) is 0 Å². The number of rotatable bonds is 12. The van der Waals surface area contributed by atoms with Gasteiger partial charge < -0.3 is 16.9 Å². The normalized spacial score (nSPS) is 17.1. The van der Waals surface area contributed by atoms with E-state index in [0.29, 0.717) is 0 Å². The Balaban J connectivity index is 0.00000361. The Kier molecular flexibility index (Phi) is 13.1. The molecule has 0 aromatic carbocycles. The van der Waals surface area contributed by atoms with Crippen LogP contribution in [0, 0.1) is 0 Å². The smallest absolute Gasteiger partial charge is 0.0786 e. The van der Waals surface area contributed by atoms with Crippen molar-refractivity contribution in [2.75, 3.05) is 26.7 Å². The van der Waals surface area contributed by atoms with Crippen LogP contribution in [-0.4, -0.2) is 31.2 Å². The molecule has 0 bridgehead atoms. The molecule has 0 radical (unpaired) electrons. The maximum atomic E-state index is 2.46. The summed E-state index contributed by atoms with van der Waals surface area (Å²) >= 11 is 0. The van der Waals surface area contributed by atoms with Gasteiger partial charge in [-0.25, -0.2) is 0 Å². The molecule has 0 saturated carbocycles. The molecule has 0 aromatic rings. The molecular weight excluding hydrogens is 266 g/mol. The van der Waals surface area contributed by atoms with Crippen molar-refractivity contribution < 1.29 is 16.9 Å². The summed E-state index contributed by atoms with van der Waals surface area (Å²) in [6.07, 6.45) is 19.0. The van der Waals surface area contributed by atoms with Gasteiger partial charge in [-0.15, -0.1) is 0 Å². The van der Waals surface area contributed by atoms with Crippen molar-refractivity contribution in [1.29, 1.82) is 0 Å². The van der Waals surface area contributed by atoms with Crippen LogP contribution in [0.5, 0.6) is 0 Å². The highest BCUT2D eigenvalue weighted by Gasteiger charge is 2.25. The van der Waals surface area contributed by atoms with E-state index in [0.717, 1.165) is 0 Å². The Hall–Kier alpha value is 0.250. The maximum Gasteiger partial charge on any atom is 0.0786 e. The average molecular weight is 304 g/mol. The van der Waals surface area contributed by atoms with Crippen LogP contribution in [-0.2, 0) is 0 Å². The molecule has 0 atom stereocenters. The fourth-order valence-electron chi connectivity index (χ4n) is 3.48. The third-order valence-electron chi connectivity index (χ3n) is 4.95. The Bertz CT molecular complexity index is 200. The highest BCUT2D eigenvalue weighted by molar-refractivity contribution is 4.53. The van der Waals surface area contributed by atoms with Crippen LogP contribution in [0.25, 0.3) is 0 Å². The molecule has 1 rings (SSSR count). The minimum absolute atomic E-state index is 0. The molecule has 1 saturated heterocycles. The van der Waals surface area contributed by atoms with Crippen LogP contribution in [0.4, 0.5) is 0 Å². The topological polar surface area (TPSA) is 0 Å². The van der Waals surface area contributed by atoms with Crippen LogP contribution in [0.2, 0.25) is 0 Å². The molecule has 1 nitrogen and oxygen atoms in total. The highest BCUT2D eigenvalue weighted by atomic mass is 35.5. The number of nitrogens with zero attached hydrogens (tertiary/aromatic N) is 1. The van der Waals surface area contributed by atoms with Gasteiger partial charge in [0, 0.05) is 12.8 Å². The van der Waals surface area contributed by atoms with E-state index in [-0.39, 0.29) is 12.4 Å². The predicted molar refractivity (Wildman–Crippen MR) is 86.5 cm³/mol. The largest absolute Gasteiger partial charge is 1.00 e. The average Bonchev–Trinajstić information content (AvgIpc) is 2.83. The number of unbranched alkanes of at least 4 members (excludes halogenated alkanes) is 10. The van der Waals surface area contributed by atoms with Crippen molar-refractivity contribution in [3.63, 3.8) is 0 Å². The van der Waals surface area contributed by atoms with Crippen molar-refractivity contribution in [2.24, 2.45) is 0 Å². The highest BCUT2D eigenvalue weighted by Crippen LogP contribution is 2.18. The van der Waals surface area contributed by atoms with Crippen molar-refractivity contribution in [3.8, 4) is 0 Å². The molecule has 1 aliphatic rings. The lowest BCUT2D eigenvalue weighted by molar-refractivity contribution is -0.897. The predicted octanol–water partition coefficient (Wildman–Crippen LogP) is 2.54. The number of halogens is 1. The lowest BCUT2D eigenvalue weighted by atomic mass is 10.1. The molecule has 1 aliphatic heterocycles. The third kappa shape index (κ3) is 10.0. The van der Waals surface area contributed by atoms with E-state index >= 15 is 0 Å². The van der Waals surface area contributed by atoms with Gasteiger partial charge in [0.1, 0.15) is 0 Å². The first-order chi connectivity index (χ1) is 9.27. The fourth-order valence-corrected chi connectivity index (χ4v) is 3.48. The van der Waals surface area contributed by atoms with Crippen molar-refractivity contribution in [2.45, 2.75) is 90.4 Å². The quantitative estimate of drug-likeness (QED) is 0.384. The van der Waals surface area contributed by atoms with Crippen molar-refractivity contribution >= 4 is 0 Å². The number of quaternary nitrogens is 1. The molecule has 0 unspecified atom stereocenters. The zero-order valence-corrected chi connectivity index (χ0v) is 14.9. The molecule has 1 heterocycles. The monoisotopic (exact) mass is 303 g/mol. The minimum atomic E-state index is 0. The lowest BCUT2D eigenvalue weighted by Crippen LogP contribution is -3.00. The van der Waals surface area contributed by atoms with E-state index in [1.165, 1.54) is 108 Å². The standard InChI is InChI=1S/C18H38N.ClH/c1-3-4-5-6-7-8-9-10-11-12-13-16-19(2)17-14-15-18-19;/h3-18H2,1-2H3;1H/q+1;/p-1. The van der Waals surface area contributed by atoms with Crippen LogP contribution in [0.3, 0.4) is 0 Å². The van der Waals surface area contributed by atoms with Gasteiger partial charge in [0.25, 0.3) is 0 Å². The van der Waals surface area contributed by atoms with Gasteiger partial charge in [-0.2, -0.15) is 0 Å². The van der Waals surface area contributed by atoms with E-state index in [2.05, 4.69) is 14.0 Å². The fraction of sp³-hybridized carbons (Fsp3) is 1.00. The summed E-state index contributed by atoms with van der Waals surface area (Å²) in [7, 11) is 2.46. The molecule has 20 heavy (non-hydrogen) atoms. The molecule has 0 aromatic heterocycles. The second kappa shape index (κ2) is 13.0. The number of hydrogen-bond acceptors (Lipinski definition) is 0. The summed E-state index contributed by atoms with van der Waals surface area (Å²) < 4.78 is 1.37. The molecule has 122 valence electrons. The van der Waals surface area contributed by atoms with E-state index in [4.69, 9.17) is 0 Å². The van der Waals surface area contributed by atoms with Crippen LogP contribution >= 0.6 is 0 Å². The maximum absolute atomic E-state index is 2.46. The van der Waals surface area contributed by atoms with Crippen LogP contribution in [0.1, 0.15) is 90.4 Å². The second-order valence-electron chi connectivity index (χ2n) is 7.03. The molecule has 0 N–H and O–H groups in total. The summed E-state index contributed by atoms with van der Waals surface area (Å²) in [5, 5.41) is 0. The van der Waals surface area contributed by atoms with Crippen LogP contribution in [0.15, 0.2) is 0 Å². The molecular formula is C18H38ClN. The summed E-state index contributed by atoms with van der Waals surface area (Å²) in [5.41, 5.74) is 0. The molecule has 0 amide bonds. The lowest BCUT2D eigenvalue weighted by Gasteiger charge is -2.29. The first-order valence-corrected chi connectivity index (χ1v) is 9.10. The molecule has 0 spiro atoms. The van der Waals surface area contributed by atoms with Gasteiger partial charge in [0.05, 0.1) is 26.7 Å². The van der Waals surface area contributed by atoms with Gasteiger partial charge in [-0.3, -0.25) is 0 Å². The van der Waals surface area contributed by atoms with Crippen molar-refractivity contribution in [3.05, 3.63) is 0 Å².